The van der Waals surface area contributed by atoms with Gasteiger partial charge in [0.25, 0.3) is 0 Å². The molecule has 0 radical (unpaired) electrons. The predicted octanol–water partition coefficient (Wildman–Crippen LogP) is 2.92. The number of rotatable bonds is 3. The van der Waals surface area contributed by atoms with Crippen LogP contribution >= 0.6 is 0 Å². The minimum absolute atomic E-state index is 0.0749. The van der Waals surface area contributed by atoms with Crippen LogP contribution in [0.4, 0.5) is 0 Å². The Bertz CT molecular complexity index is 641. The number of nitrogens with one attached hydrogen (secondary N) is 2. The van der Waals surface area contributed by atoms with Crippen LogP contribution in [0.3, 0.4) is 0 Å². The second-order valence-corrected chi connectivity index (χ2v) is 5.86. The molecule has 0 saturated carbocycles. The lowest BCUT2D eigenvalue weighted by atomic mass is 9.98. The van der Waals surface area contributed by atoms with E-state index in [0.717, 1.165) is 48.2 Å². The number of aryl methyl sites for hydroxylation is 1. The van der Waals surface area contributed by atoms with Crippen molar-refractivity contribution in [3.63, 3.8) is 0 Å². The van der Waals surface area contributed by atoms with Gasteiger partial charge in [-0.1, -0.05) is 18.2 Å². The van der Waals surface area contributed by atoms with Gasteiger partial charge in [-0.3, -0.25) is 4.79 Å². The van der Waals surface area contributed by atoms with Crippen LogP contribution in [0.2, 0.25) is 0 Å². The molecular formula is C17H22N2O2. The maximum atomic E-state index is 12.3. The van der Waals surface area contributed by atoms with Gasteiger partial charge >= 0.3 is 0 Å². The molecule has 2 aromatic rings. The molecule has 0 spiro atoms. The van der Waals surface area contributed by atoms with Crippen LogP contribution in [0.25, 0.3) is 11.0 Å². The molecule has 1 aromatic heterocycles. The Kier molecular flexibility index (Phi) is 3.97. The van der Waals surface area contributed by atoms with Crippen molar-refractivity contribution in [2.75, 3.05) is 13.1 Å². The molecule has 2 N–H and O–H groups in total. The summed E-state index contributed by atoms with van der Waals surface area (Å²) in [6.45, 7) is 5.82. The zero-order valence-electron chi connectivity index (χ0n) is 12.6. The van der Waals surface area contributed by atoms with E-state index in [9.17, 15) is 4.79 Å². The Labute approximate surface area is 124 Å². The highest BCUT2D eigenvalue weighted by Gasteiger charge is 2.24. The zero-order valence-corrected chi connectivity index (χ0v) is 12.6. The van der Waals surface area contributed by atoms with Crippen molar-refractivity contribution in [3.8, 4) is 0 Å². The number of carbonyl (C=O) groups is 1. The highest BCUT2D eigenvalue weighted by Crippen LogP contribution is 2.29. The average molecular weight is 286 g/mol. The summed E-state index contributed by atoms with van der Waals surface area (Å²) in [4.78, 5) is 12.3. The SMILES string of the molecule is Cc1c(C(C)NC(=O)C2CCCNC2)oc2ccccc12. The second kappa shape index (κ2) is 5.90. The molecule has 1 aliphatic rings. The van der Waals surface area contributed by atoms with Crippen molar-refractivity contribution in [1.82, 2.24) is 10.6 Å². The Morgan fingerprint density at radius 2 is 2.24 bits per heavy atom. The van der Waals surface area contributed by atoms with Gasteiger partial charge in [0.15, 0.2) is 0 Å². The molecule has 4 nitrogen and oxygen atoms in total. The molecule has 2 atom stereocenters. The van der Waals surface area contributed by atoms with E-state index < -0.39 is 0 Å². The highest BCUT2D eigenvalue weighted by molar-refractivity contribution is 5.83. The molecule has 4 heteroatoms. The molecule has 112 valence electrons. The third kappa shape index (κ3) is 2.81. The van der Waals surface area contributed by atoms with Crippen LogP contribution in [0.1, 0.15) is 37.1 Å². The molecule has 3 rings (SSSR count). The first kappa shape index (κ1) is 14.1. The van der Waals surface area contributed by atoms with Crippen molar-refractivity contribution in [1.29, 1.82) is 0 Å². The smallest absolute Gasteiger partial charge is 0.224 e. The number of carbonyl (C=O) groups excluding carboxylic acids is 1. The largest absolute Gasteiger partial charge is 0.459 e. The molecule has 0 aliphatic carbocycles. The number of para-hydroxylation sites is 1. The van der Waals surface area contributed by atoms with Gasteiger partial charge in [0.05, 0.1) is 12.0 Å². The van der Waals surface area contributed by atoms with Gasteiger partial charge in [-0.05, 0) is 39.3 Å². The summed E-state index contributed by atoms with van der Waals surface area (Å²) in [5.74, 6) is 1.05. The first-order chi connectivity index (χ1) is 10.2. The Balaban J connectivity index is 1.75. The Morgan fingerprint density at radius 1 is 1.43 bits per heavy atom. The second-order valence-electron chi connectivity index (χ2n) is 5.86. The quantitative estimate of drug-likeness (QED) is 0.912. The molecule has 1 saturated heterocycles. The average Bonchev–Trinajstić information content (AvgIpc) is 2.86. The van der Waals surface area contributed by atoms with E-state index in [-0.39, 0.29) is 17.9 Å². The van der Waals surface area contributed by atoms with Crippen molar-refractivity contribution in [2.24, 2.45) is 5.92 Å². The van der Waals surface area contributed by atoms with Crippen LogP contribution in [0.15, 0.2) is 28.7 Å². The summed E-state index contributed by atoms with van der Waals surface area (Å²) in [5, 5.41) is 7.49. The summed E-state index contributed by atoms with van der Waals surface area (Å²) >= 11 is 0. The number of hydrogen-bond acceptors (Lipinski definition) is 3. The van der Waals surface area contributed by atoms with Crippen molar-refractivity contribution in [2.45, 2.75) is 32.7 Å². The number of amides is 1. The molecular weight excluding hydrogens is 264 g/mol. The van der Waals surface area contributed by atoms with E-state index in [4.69, 9.17) is 4.42 Å². The van der Waals surface area contributed by atoms with Gasteiger partial charge in [0.2, 0.25) is 5.91 Å². The number of hydrogen-bond donors (Lipinski definition) is 2. The van der Waals surface area contributed by atoms with Crippen molar-refractivity contribution < 1.29 is 9.21 Å². The topological polar surface area (TPSA) is 54.3 Å². The number of furan rings is 1. The van der Waals surface area contributed by atoms with E-state index in [1.54, 1.807) is 0 Å². The first-order valence-corrected chi connectivity index (χ1v) is 7.66. The summed E-state index contributed by atoms with van der Waals surface area (Å²) < 4.78 is 5.92. The van der Waals surface area contributed by atoms with Gasteiger partial charge in [-0.2, -0.15) is 0 Å². The molecule has 1 aliphatic heterocycles. The fourth-order valence-corrected chi connectivity index (χ4v) is 3.08. The molecule has 1 fully saturated rings. The summed E-state index contributed by atoms with van der Waals surface area (Å²) in [6, 6.07) is 7.88. The minimum atomic E-state index is -0.105. The lowest BCUT2D eigenvalue weighted by Crippen LogP contribution is -2.41. The molecule has 21 heavy (non-hydrogen) atoms. The standard InChI is InChI=1S/C17H22N2O2/c1-11-14-7-3-4-8-15(14)21-16(11)12(2)19-17(20)13-6-5-9-18-10-13/h3-4,7-8,12-13,18H,5-6,9-10H2,1-2H3,(H,19,20). The lowest BCUT2D eigenvalue weighted by molar-refractivity contribution is -0.126. The third-order valence-electron chi connectivity index (χ3n) is 4.30. The van der Waals surface area contributed by atoms with Gasteiger partial charge in [-0.25, -0.2) is 0 Å². The van der Waals surface area contributed by atoms with Gasteiger partial charge < -0.3 is 15.1 Å². The normalized spacial score (nSPS) is 20.4. The zero-order chi connectivity index (χ0) is 14.8. The summed E-state index contributed by atoms with van der Waals surface area (Å²) in [6.07, 6.45) is 2.03. The molecule has 2 unspecified atom stereocenters. The maximum absolute atomic E-state index is 12.3. The Morgan fingerprint density at radius 3 is 2.95 bits per heavy atom. The lowest BCUT2D eigenvalue weighted by Gasteiger charge is -2.23. The van der Waals surface area contributed by atoms with Gasteiger partial charge in [-0.15, -0.1) is 0 Å². The van der Waals surface area contributed by atoms with E-state index >= 15 is 0 Å². The van der Waals surface area contributed by atoms with Crippen LogP contribution in [0.5, 0.6) is 0 Å². The minimum Gasteiger partial charge on any atom is -0.459 e. The molecule has 1 amide bonds. The first-order valence-electron chi connectivity index (χ1n) is 7.66. The van der Waals surface area contributed by atoms with Crippen molar-refractivity contribution in [3.05, 3.63) is 35.6 Å². The fraction of sp³-hybridized carbons (Fsp3) is 0.471. The Hall–Kier alpha value is -1.81. The van der Waals surface area contributed by atoms with Gasteiger partial charge in [0, 0.05) is 17.5 Å². The predicted molar refractivity (Wildman–Crippen MR) is 83.1 cm³/mol. The van der Waals surface area contributed by atoms with E-state index in [0.29, 0.717) is 0 Å². The number of benzene rings is 1. The molecule has 0 bridgehead atoms. The van der Waals surface area contributed by atoms with Crippen LogP contribution < -0.4 is 10.6 Å². The highest BCUT2D eigenvalue weighted by atomic mass is 16.3. The van der Waals surface area contributed by atoms with Crippen LogP contribution in [-0.2, 0) is 4.79 Å². The molecule has 1 aromatic carbocycles. The third-order valence-corrected chi connectivity index (χ3v) is 4.30. The van der Waals surface area contributed by atoms with E-state index in [1.165, 1.54) is 0 Å². The summed E-state index contributed by atoms with van der Waals surface area (Å²) in [5.41, 5.74) is 1.99. The summed E-state index contributed by atoms with van der Waals surface area (Å²) in [7, 11) is 0. The number of piperidine rings is 1. The van der Waals surface area contributed by atoms with E-state index in [2.05, 4.69) is 16.7 Å². The van der Waals surface area contributed by atoms with Gasteiger partial charge in [0.1, 0.15) is 11.3 Å². The van der Waals surface area contributed by atoms with Crippen LogP contribution in [-0.4, -0.2) is 19.0 Å². The van der Waals surface area contributed by atoms with Crippen molar-refractivity contribution >= 4 is 16.9 Å². The number of fused-ring (bicyclic) bond motifs is 1. The fourth-order valence-electron chi connectivity index (χ4n) is 3.08. The maximum Gasteiger partial charge on any atom is 0.224 e. The molecule has 2 heterocycles. The monoisotopic (exact) mass is 286 g/mol. The van der Waals surface area contributed by atoms with Crippen LogP contribution in [0, 0.1) is 12.8 Å². The van der Waals surface area contributed by atoms with E-state index in [1.807, 2.05) is 32.0 Å².